The zero-order valence-electron chi connectivity index (χ0n) is 19.1. The van der Waals surface area contributed by atoms with Crippen LogP contribution in [0.15, 0.2) is 30.5 Å². The summed E-state index contributed by atoms with van der Waals surface area (Å²) in [5.41, 5.74) is 1.20. The van der Waals surface area contributed by atoms with Crippen LogP contribution in [0.25, 0.3) is 10.9 Å². The average molecular weight is 498 g/mol. The highest BCUT2D eigenvalue weighted by molar-refractivity contribution is 5.92. The molecule has 1 aliphatic rings. The minimum Gasteiger partial charge on any atom is -0.368 e. The lowest BCUT2D eigenvalue weighted by atomic mass is 10.0. The number of nitrogens with zero attached hydrogens (tertiary/aromatic N) is 5. The number of aryl methyl sites for hydroxylation is 1. The molecule has 35 heavy (non-hydrogen) atoms. The Kier molecular flexibility index (Phi) is 7.02. The summed E-state index contributed by atoms with van der Waals surface area (Å²) in [6.45, 7) is 3.72. The van der Waals surface area contributed by atoms with Gasteiger partial charge in [0, 0.05) is 37.1 Å². The van der Waals surface area contributed by atoms with Gasteiger partial charge in [-0.3, -0.25) is 9.88 Å². The molecular formula is C23H24F6N6. The summed E-state index contributed by atoms with van der Waals surface area (Å²) in [5.74, 6) is -0.688. The van der Waals surface area contributed by atoms with Crippen molar-refractivity contribution in [2.75, 3.05) is 42.9 Å². The molecule has 0 spiro atoms. The Labute approximate surface area is 198 Å². The molecule has 0 bridgehead atoms. The van der Waals surface area contributed by atoms with E-state index in [0.717, 1.165) is 6.07 Å². The van der Waals surface area contributed by atoms with E-state index in [-0.39, 0.29) is 18.7 Å². The Morgan fingerprint density at radius 2 is 1.74 bits per heavy atom. The first kappa shape index (κ1) is 25.0. The normalized spacial score (nSPS) is 16.2. The molecule has 0 radical (unpaired) electrons. The zero-order valence-corrected chi connectivity index (χ0v) is 19.1. The summed E-state index contributed by atoms with van der Waals surface area (Å²) in [4.78, 5) is 7.78. The monoisotopic (exact) mass is 498 g/mol. The summed E-state index contributed by atoms with van der Waals surface area (Å²) >= 11 is 0. The van der Waals surface area contributed by atoms with E-state index in [2.05, 4.69) is 20.5 Å². The maximum Gasteiger partial charge on any atom is 0.401 e. The van der Waals surface area contributed by atoms with Crippen molar-refractivity contribution in [2.45, 2.75) is 32.5 Å². The van der Waals surface area contributed by atoms with Gasteiger partial charge in [-0.2, -0.15) is 18.3 Å². The van der Waals surface area contributed by atoms with Crippen LogP contribution in [0.5, 0.6) is 0 Å². The van der Waals surface area contributed by atoms with Gasteiger partial charge >= 0.3 is 6.18 Å². The number of piperazine rings is 1. The van der Waals surface area contributed by atoms with E-state index in [1.54, 1.807) is 20.0 Å². The fourth-order valence-corrected chi connectivity index (χ4v) is 4.20. The topological polar surface area (TPSA) is 57.2 Å². The van der Waals surface area contributed by atoms with Crippen molar-refractivity contribution in [3.05, 3.63) is 53.1 Å². The second kappa shape index (κ2) is 9.84. The molecule has 4 rings (SSSR count). The highest BCUT2D eigenvalue weighted by Crippen LogP contribution is 2.32. The van der Waals surface area contributed by atoms with Gasteiger partial charge in [0.15, 0.2) is 5.82 Å². The Bertz CT molecular complexity index is 1190. The fourth-order valence-electron chi connectivity index (χ4n) is 4.20. The smallest absolute Gasteiger partial charge is 0.368 e. The molecule has 6 nitrogen and oxygen atoms in total. The van der Waals surface area contributed by atoms with Gasteiger partial charge in [0.25, 0.3) is 6.43 Å². The molecule has 3 aromatic rings. The number of hydrogen-bond donors (Lipinski definition) is 1. The number of fused-ring (bicyclic) bond motifs is 1. The molecular weight excluding hydrogens is 474 g/mol. The molecule has 1 N–H and O–H groups in total. The van der Waals surface area contributed by atoms with Crippen molar-refractivity contribution >= 4 is 22.4 Å². The first-order chi connectivity index (χ1) is 16.5. The van der Waals surface area contributed by atoms with Gasteiger partial charge in [-0.15, -0.1) is 5.10 Å². The summed E-state index contributed by atoms with van der Waals surface area (Å²) in [7, 11) is 0. The van der Waals surface area contributed by atoms with Gasteiger partial charge < -0.3 is 10.2 Å². The molecule has 0 amide bonds. The quantitative estimate of drug-likeness (QED) is 0.468. The molecule has 12 heteroatoms. The summed E-state index contributed by atoms with van der Waals surface area (Å²) in [6.07, 6.45) is -5.55. The third kappa shape index (κ3) is 5.58. The third-order valence-corrected chi connectivity index (χ3v) is 6.02. The number of rotatable bonds is 6. The molecule has 1 saturated heterocycles. The number of benzene rings is 1. The van der Waals surface area contributed by atoms with Gasteiger partial charge in [-0.1, -0.05) is 18.2 Å². The van der Waals surface area contributed by atoms with E-state index in [4.69, 9.17) is 0 Å². The van der Waals surface area contributed by atoms with Gasteiger partial charge in [0.1, 0.15) is 5.82 Å². The highest BCUT2D eigenvalue weighted by atomic mass is 19.4. The van der Waals surface area contributed by atoms with Crippen LogP contribution in [0.3, 0.4) is 0 Å². The lowest BCUT2D eigenvalue weighted by molar-refractivity contribution is -0.146. The number of pyridine rings is 1. The standard InChI is InChI=1S/C23H24F6N6/c1-13(16-4-3-5-17(19(16)24)21(25)26)31-22-18-10-15(11-30-20(18)14(2)32-33-22)35-8-6-34(7-9-35)12-23(27,28)29/h3-5,10-11,13,21H,6-9,12H2,1-2H3,(H,31,33)/t13-/m1/s1. The van der Waals surface area contributed by atoms with Crippen LogP contribution in [0.4, 0.5) is 37.8 Å². The minimum absolute atomic E-state index is 0.0585. The fraction of sp³-hybridized carbons (Fsp3) is 0.435. The van der Waals surface area contributed by atoms with E-state index in [0.29, 0.717) is 41.2 Å². The van der Waals surface area contributed by atoms with Gasteiger partial charge in [-0.25, -0.2) is 13.2 Å². The molecule has 3 heterocycles. The van der Waals surface area contributed by atoms with Crippen LogP contribution < -0.4 is 10.2 Å². The summed E-state index contributed by atoms with van der Waals surface area (Å²) in [6, 6.07) is 4.94. The van der Waals surface area contributed by atoms with E-state index in [9.17, 15) is 26.3 Å². The SMILES string of the molecule is Cc1nnc(N[C@H](C)c2cccc(C(F)F)c2F)c2cc(N3CCN(CC(F)(F)F)CC3)cnc12. The number of nitrogens with one attached hydrogen (secondary N) is 1. The zero-order chi connectivity index (χ0) is 25.3. The molecule has 1 aromatic carbocycles. The van der Waals surface area contributed by atoms with E-state index < -0.39 is 36.6 Å². The Morgan fingerprint density at radius 1 is 1.06 bits per heavy atom. The predicted octanol–water partition coefficient (Wildman–Crippen LogP) is 5.27. The maximum atomic E-state index is 14.6. The second-order valence-electron chi connectivity index (χ2n) is 8.52. The number of halogens is 6. The van der Waals surface area contributed by atoms with E-state index in [1.165, 1.54) is 17.0 Å². The summed E-state index contributed by atoms with van der Waals surface area (Å²) in [5, 5.41) is 11.9. The molecule has 1 fully saturated rings. The van der Waals surface area contributed by atoms with Crippen molar-refractivity contribution in [1.82, 2.24) is 20.1 Å². The summed E-state index contributed by atoms with van der Waals surface area (Å²) < 4.78 is 78.9. The Morgan fingerprint density at radius 3 is 2.40 bits per heavy atom. The molecule has 188 valence electrons. The van der Waals surface area contributed by atoms with Gasteiger partial charge in [0.05, 0.1) is 41.2 Å². The third-order valence-electron chi connectivity index (χ3n) is 6.02. The highest BCUT2D eigenvalue weighted by Gasteiger charge is 2.32. The lowest BCUT2D eigenvalue weighted by Crippen LogP contribution is -2.49. The van der Waals surface area contributed by atoms with Crippen LogP contribution in [0.1, 0.15) is 36.2 Å². The first-order valence-electron chi connectivity index (χ1n) is 11.0. The number of anilines is 2. The number of alkyl halides is 5. The van der Waals surface area contributed by atoms with Crippen LogP contribution >= 0.6 is 0 Å². The molecule has 0 saturated carbocycles. The van der Waals surface area contributed by atoms with Crippen LogP contribution in [-0.4, -0.2) is 59.0 Å². The average Bonchev–Trinajstić information content (AvgIpc) is 2.80. The lowest BCUT2D eigenvalue weighted by Gasteiger charge is -2.36. The Balaban J connectivity index is 1.59. The molecule has 1 aliphatic heterocycles. The second-order valence-corrected chi connectivity index (χ2v) is 8.52. The maximum absolute atomic E-state index is 14.6. The molecule has 2 aromatic heterocycles. The molecule has 0 unspecified atom stereocenters. The van der Waals surface area contributed by atoms with Crippen molar-refractivity contribution in [3.63, 3.8) is 0 Å². The van der Waals surface area contributed by atoms with Crippen LogP contribution in [-0.2, 0) is 0 Å². The molecule has 1 atom stereocenters. The van der Waals surface area contributed by atoms with E-state index >= 15 is 0 Å². The predicted molar refractivity (Wildman–Crippen MR) is 120 cm³/mol. The number of hydrogen-bond acceptors (Lipinski definition) is 6. The number of aromatic nitrogens is 3. The van der Waals surface area contributed by atoms with Crippen LogP contribution in [0, 0.1) is 12.7 Å². The van der Waals surface area contributed by atoms with Crippen molar-refractivity contribution in [3.8, 4) is 0 Å². The van der Waals surface area contributed by atoms with Crippen molar-refractivity contribution in [1.29, 1.82) is 0 Å². The van der Waals surface area contributed by atoms with Crippen molar-refractivity contribution in [2.24, 2.45) is 0 Å². The van der Waals surface area contributed by atoms with E-state index in [1.807, 2.05) is 11.0 Å². The first-order valence-corrected chi connectivity index (χ1v) is 11.0. The largest absolute Gasteiger partial charge is 0.401 e. The van der Waals surface area contributed by atoms with Gasteiger partial charge in [0.2, 0.25) is 0 Å². The van der Waals surface area contributed by atoms with Crippen molar-refractivity contribution < 1.29 is 26.3 Å². The molecule has 0 aliphatic carbocycles. The van der Waals surface area contributed by atoms with Crippen LogP contribution in [0.2, 0.25) is 0 Å². The van der Waals surface area contributed by atoms with Gasteiger partial charge in [-0.05, 0) is 19.9 Å². The Hall–Kier alpha value is -3.15. The minimum atomic E-state index is -4.24.